The van der Waals surface area contributed by atoms with Crippen molar-refractivity contribution < 1.29 is 24.9 Å². The number of aliphatic hydroxyl groups is 2. The molecule has 1 unspecified atom stereocenters. The zero-order valence-electron chi connectivity index (χ0n) is 16.5. The third-order valence-electron chi connectivity index (χ3n) is 4.97. The maximum Gasteiger partial charge on any atom is 0.332 e. The topological polar surface area (TPSA) is 94.8 Å². The highest BCUT2D eigenvalue weighted by Gasteiger charge is 2.40. The summed E-state index contributed by atoms with van der Waals surface area (Å²) in [4.78, 5) is 23.1. The number of carbonyl (C=O) groups excluding carboxylic acids is 1. The van der Waals surface area contributed by atoms with E-state index in [-0.39, 0.29) is 35.9 Å². The van der Waals surface area contributed by atoms with E-state index in [0.717, 1.165) is 25.7 Å². The van der Waals surface area contributed by atoms with Crippen LogP contribution in [0.5, 0.6) is 0 Å². The Labute approximate surface area is 172 Å². The normalized spacial score (nSPS) is 23.6. The van der Waals surface area contributed by atoms with Gasteiger partial charge in [0, 0.05) is 23.3 Å². The standard InChI is InChI=1S/C22H34O5S/c1-2-3-4-5-6-8-12-18-17(20(25)16-21(18)28-15-14-23)11-9-7-10-13-19(24)22(26)27/h2,7-9,12,17-19,21,23-24H,1,3-6,10-11,13-16H2,(H,26,27)/t17-,18-,19?,21-/m1/s1. The first-order valence-electron chi connectivity index (χ1n) is 10.1. The molecule has 0 aromatic rings. The van der Waals surface area contributed by atoms with Gasteiger partial charge >= 0.3 is 5.97 Å². The fourth-order valence-corrected chi connectivity index (χ4v) is 4.62. The summed E-state index contributed by atoms with van der Waals surface area (Å²) in [6, 6.07) is 0. The van der Waals surface area contributed by atoms with Crippen LogP contribution in [0.4, 0.5) is 0 Å². The number of thioether (sulfide) groups is 1. The molecule has 0 aliphatic heterocycles. The van der Waals surface area contributed by atoms with Crippen molar-refractivity contribution >= 4 is 23.5 Å². The molecule has 0 aromatic heterocycles. The number of hydrogen-bond donors (Lipinski definition) is 3. The maximum atomic E-state index is 12.5. The lowest BCUT2D eigenvalue weighted by Crippen LogP contribution is -2.18. The summed E-state index contributed by atoms with van der Waals surface area (Å²) in [6.07, 6.45) is 14.8. The van der Waals surface area contributed by atoms with Gasteiger partial charge in [-0.1, -0.05) is 30.4 Å². The second kappa shape index (κ2) is 14.6. The number of carbonyl (C=O) groups is 2. The molecule has 0 aromatic carbocycles. The number of allylic oxidation sites excluding steroid dienone is 5. The lowest BCUT2D eigenvalue weighted by molar-refractivity contribution is -0.146. The Bertz CT molecular complexity index is 543. The van der Waals surface area contributed by atoms with Crippen LogP contribution >= 0.6 is 11.8 Å². The Morgan fingerprint density at radius 1 is 1.21 bits per heavy atom. The van der Waals surface area contributed by atoms with Crippen molar-refractivity contribution in [2.45, 2.75) is 62.7 Å². The van der Waals surface area contributed by atoms with E-state index in [1.165, 1.54) is 0 Å². The van der Waals surface area contributed by atoms with Crippen molar-refractivity contribution in [3.8, 4) is 0 Å². The number of unbranched alkanes of at least 4 members (excludes halogenated alkanes) is 3. The fraction of sp³-hybridized carbons (Fsp3) is 0.636. The minimum atomic E-state index is -1.34. The van der Waals surface area contributed by atoms with Gasteiger partial charge in [0.2, 0.25) is 0 Å². The minimum absolute atomic E-state index is 0.0683. The van der Waals surface area contributed by atoms with Gasteiger partial charge in [-0.15, -0.1) is 6.58 Å². The lowest BCUT2D eigenvalue weighted by Gasteiger charge is -2.19. The molecule has 1 aliphatic carbocycles. The van der Waals surface area contributed by atoms with E-state index in [4.69, 9.17) is 10.2 Å². The zero-order valence-corrected chi connectivity index (χ0v) is 17.4. The first-order valence-corrected chi connectivity index (χ1v) is 11.1. The van der Waals surface area contributed by atoms with E-state index in [9.17, 15) is 14.7 Å². The summed E-state index contributed by atoms with van der Waals surface area (Å²) < 4.78 is 0. The Morgan fingerprint density at radius 2 is 1.96 bits per heavy atom. The van der Waals surface area contributed by atoms with Gasteiger partial charge < -0.3 is 15.3 Å². The van der Waals surface area contributed by atoms with Crippen LogP contribution < -0.4 is 0 Å². The number of rotatable bonds is 15. The molecular formula is C22H34O5S. The average Bonchev–Trinajstić information content (AvgIpc) is 2.97. The number of aliphatic carboxylic acids is 1. The van der Waals surface area contributed by atoms with E-state index in [0.29, 0.717) is 25.0 Å². The van der Waals surface area contributed by atoms with E-state index in [2.05, 4.69) is 18.7 Å². The van der Waals surface area contributed by atoms with Crippen LogP contribution in [0.15, 0.2) is 37.0 Å². The van der Waals surface area contributed by atoms with Crippen LogP contribution in [-0.2, 0) is 9.59 Å². The molecule has 158 valence electrons. The number of carboxylic acids is 1. The molecule has 0 radical (unpaired) electrons. The highest BCUT2D eigenvalue weighted by atomic mass is 32.2. The number of hydrogen-bond acceptors (Lipinski definition) is 5. The summed E-state index contributed by atoms with van der Waals surface area (Å²) in [5.74, 6) is -0.218. The van der Waals surface area contributed by atoms with Gasteiger partial charge in [-0.25, -0.2) is 4.79 Å². The van der Waals surface area contributed by atoms with Crippen molar-refractivity contribution in [3.05, 3.63) is 37.0 Å². The Morgan fingerprint density at radius 3 is 2.64 bits per heavy atom. The first-order chi connectivity index (χ1) is 13.5. The highest BCUT2D eigenvalue weighted by molar-refractivity contribution is 8.00. The van der Waals surface area contributed by atoms with Crippen LogP contribution in [0.3, 0.4) is 0 Å². The molecule has 1 aliphatic rings. The van der Waals surface area contributed by atoms with Crippen molar-refractivity contribution in [2.75, 3.05) is 12.4 Å². The van der Waals surface area contributed by atoms with Gasteiger partial charge in [0.25, 0.3) is 0 Å². The van der Waals surface area contributed by atoms with Crippen molar-refractivity contribution in [1.82, 2.24) is 0 Å². The van der Waals surface area contributed by atoms with Crippen LogP contribution in [0.2, 0.25) is 0 Å². The van der Waals surface area contributed by atoms with Gasteiger partial charge in [-0.05, 0) is 50.9 Å². The van der Waals surface area contributed by atoms with E-state index in [1.54, 1.807) is 11.8 Å². The summed E-state index contributed by atoms with van der Waals surface area (Å²) in [7, 11) is 0. The van der Waals surface area contributed by atoms with Gasteiger partial charge in [0.1, 0.15) is 5.78 Å². The molecule has 1 saturated carbocycles. The Balaban J connectivity index is 2.60. The van der Waals surface area contributed by atoms with Crippen LogP contribution in [0.1, 0.15) is 51.4 Å². The summed E-state index contributed by atoms with van der Waals surface area (Å²) in [5, 5.41) is 27.3. The molecule has 5 nitrogen and oxygen atoms in total. The first kappa shape index (κ1) is 24.7. The molecule has 6 heteroatoms. The predicted molar refractivity (Wildman–Crippen MR) is 114 cm³/mol. The lowest BCUT2D eigenvalue weighted by atomic mass is 9.91. The quantitative estimate of drug-likeness (QED) is 0.281. The molecule has 3 N–H and O–H groups in total. The number of Topliss-reactive ketones (excluding diaryl/α,β-unsaturated/α-hetero) is 1. The molecule has 28 heavy (non-hydrogen) atoms. The minimum Gasteiger partial charge on any atom is -0.479 e. The monoisotopic (exact) mass is 410 g/mol. The second-order valence-corrected chi connectivity index (χ2v) is 8.47. The number of ketones is 1. The highest BCUT2D eigenvalue weighted by Crippen LogP contribution is 2.40. The van der Waals surface area contributed by atoms with Crippen LogP contribution in [-0.4, -0.2) is 50.8 Å². The SMILES string of the molecule is C=CCCCCC=C[C@H]1[C@H](SCCO)CC(=O)[C@@H]1CC=CCCC(O)C(=O)O. The predicted octanol–water partition coefficient (Wildman–Crippen LogP) is 3.76. The molecule has 1 fully saturated rings. The number of carboxylic acid groups (broad SMARTS) is 1. The summed E-state index contributed by atoms with van der Waals surface area (Å²) in [5.41, 5.74) is 0. The molecule has 0 bridgehead atoms. The van der Waals surface area contributed by atoms with Crippen molar-refractivity contribution in [1.29, 1.82) is 0 Å². The Hall–Kier alpha value is -1.37. The van der Waals surface area contributed by atoms with Gasteiger partial charge in [-0.2, -0.15) is 11.8 Å². The molecule has 0 spiro atoms. The van der Waals surface area contributed by atoms with E-state index >= 15 is 0 Å². The molecule has 0 saturated heterocycles. The van der Waals surface area contributed by atoms with Gasteiger partial charge in [0.15, 0.2) is 6.10 Å². The zero-order chi connectivity index (χ0) is 20.8. The summed E-state index contributed by atoms with van der Waals surface area (Å²) >= 11 is 1.66. The van der Waals surface area contributed by atoms with Crippen LogP contribution in [0, 0.1) is 11.8 Å². The molecular weight excluding hydrogens is 376 g/mol. The molecule has 4 atom stereocenters. The van der Waals surface area contributed by atoms with Crippen LogP contribution in [0.25, 0.3) is 0 Å². The largest absolute Gasteiger partial charge is 0.479 e. The fourth-order valence-electron chi connectivity index (χ4n) is 3.42. The second-order valence-electron chi connectivity index (χ2n) is 7.13. The van der Waals surface area contributed by atoms with Gasteiger partial charge in [-0.3, -0.25) is 4.79 Å². The third kappa shape index (κ3) is 9.22. The maximum absolute atomic E-state index is 12.5. The van der Waals surface area contributed by atoms with E-state index in [1.807, 2.05) is 18.2 Å². The molecule has 0 heterocycles. The van der Waals surface area contributed by atoms with Crippen molar-refractivity contribution in [3.63, 3.8) is 0 Å². The van der Waals surface area contributed by atoms with Crippen molar-refractivity contribution in [2.24, 2.45) is 11.8 Å². The van der Waals surface area contributed by atoms with Gasteiger partial charge in [0.05, 0.1) is 6.61 Å². The number of aliphatic hydroxyl groups excluding tert-OH is 2. The Kier molecular flexibility index (Phi) is 12.9. The average molecular weight is 411 g/mol. The third-order valence-corrected chi connectivity index (χ3v) is 6.30. The smallest absolute Gasteiger partial charge is 0.332 e. The molecule has 0 amide bonds. The van der Waals surface area contributed by atoms with E-state index < -0.39 is 12.1 Å². The molecule has 1 rings (SSSR count). The summed E-state index contributed by atoms with van der Waals surface area (Å²) in [6.45, 7) is 3.84.